The molecule has 3 atom stereocenters. The molecule has 46 heavy (non-hydrogen) atoms. The van der Waals surface area contributed by atoms with Crippen molar-refractivity contribution >= 4 is 28.5 Å². The number of likely N-dealkylation sites (N-methyl/N-ethyl adjacent to an activating group) is 1. The van der Waals surface area contributed by atoms with E-state index >= 15 is 8.78 Å². The first-order valence-corrected chi connectivity index (χ1v) is 15.9. The molecule has 1 unspecified atom stereocenters. The lowest BCUT2D eigenvalue weighted by Gasteiger charge is -2.41. The summed E-state index contributed by atoms with van der Waals surface area (Å²) in [5.74, 6) is -1.06. The summed E-state index contributed by atoms with van der Waals surface area (Å²) in [6.45, 7) is 12.7. The smallest absolute Gasteiger partial charge is 0.355 e. The van der Waals surface area contributed by atoms with Gasteiger partial charge in [-0.15, -0.1) is 0 Å². The second kappa shape index (κ2) is 12.3. The average molecular weight is 631 g/mol. The molecule has 0 N–H and O–H groups in total. The van der Waals surface area contributed by atoms with Gasteiger partial charge in [0.1, 0.15) is 23.1 Å². The van der Waals surface area contributed by atoms with Gasteiger partial charge in [-0.1, -0.05) is 26.5 Å². The van der Waals surface area contributed by atoms with E-state index in [0.29, 0.717) is 37.9 Å². The Morgan fingerprint density at radius 3 is 2.65 bits per heavy atom. The molecule has 5 heterocycles. The van der Waals surface area contributed by atoms with Crippen molar-refractivity contribution in [3.63, 3.8) is 0 Å². The zero-order valence-electron chi connectivity index (χ0n) is 27.0. The number of ether oxygens (including phenoxy) is 1. The molecule has 3 aromatic rings. The number of benzene rings is 1. The van der Waals surface area contributed by atoms with Crippen LogP contribution in [0.1, 0.15) is 47.0 Å². The van der Waals surface area contributed by atoms with E-state index in [9.17, 15) is 9.59 Å². The predicted octanol–water partition coefficient (Wildman–Crippen LogP) is 5.61. The Balaban J connectivity index is 1.68. The first-order valence-electron chi connectivity index (χ1n) is 15.9. The molecule has 1 aromatic carbocycles. The number of anilines is 1. The molecule has 3 aliphatic rings. The molecule has 1 fully saturated rings. The Hall–Kier alpha value is -4.54. The van der Waals surface area contributed by atoms with Gasteiger partial charge in [0.25, 0.3) is 0 Å². The number of piperazine rings is 1. The van der Waals surface area contributed by atoms with Crippen molar-refractivity contribution in [3.8, 4) is 17.0 Å². The number of carbonyl (C=O) groups is 1. The zero-order chi connectivity index (χ0) is 32.9. The molecule has 242 valence electrons. The minimum absolute atomic E-state index is 0.0908. The number of nitrogens with zero attached hydrogens (tertiary/aromatic N) is 6. The SMILES string of the molecule is C=CC(=O)N1CCN(c2nc(=O)n3c4nc(c(F)cc24)-c2c(F)cccc2O[C@H](C)CCCC2=C3C(C(C)C)N(C)C=C2)[C@@H](C)C1. The lowest BCUT2D eigenvalue weighted by atomic mass is 9.91. The minimum atomic E-state index is -0.762. The van der Waals surface area contributed by atoms with Crippen LogP contribution in [0.3, 0.4) is 0 Å². The Bertz CT molecular complexity index is 1830. The number of aromatic nitrogens is 3. The third kappa shape index (κ3) is 5.45. The quantitative estimate of drug-likeness (QED) is 0.348. The second-order valence-corrected chi connectivity index (χ2v) is 12.8. The fourth-order valence-electron chi connectivity index (χ4n) is 7.05. The fraction of sp³-hybridized carbons (Fsp3) is 0.429. The van der Waals surface area contributed by atoms with Crippen molar-refractivity contribution in [1.82, 2.24) is 24.3 Å². The topological polar surface area (TPSA) is 83.8 Å². The molecule has 0 saturated carbocycles. The molecule has 3 aliphatic heterocycles. The second-order valence-electron chi connectivity index (χ2n) is 12.8. The molecule has 0 radical (unpaired) electrons. The van der Waals surface area contributed by atoms with Crippen LogP contribution in [0.15, 0.2) is 59.6 Å². The number of allylic oxidation sites excluding steroid dienone is 2. The summed E-state index contributed by atoms with van der Waals surface area (Å²) in [6.07, 6.45) is 7.11. The van der Waals surface area contributed by atoms with Crippen molar-refractivity contribution < 1.29 is 18.3 Å². The highest BCUT2D eigenvalue weighted by atomic mass is 19.1. The summed E-state index contributed by atoms with van der Waals surface area (Å²) >= 11 is 0. The Morgan fingerprint density at radius 1 is 1.15 bits per heavy atom. The van der Waals surface area contributed by atoms with E-state index in [2.05, 4.69) is 30.3 Å². The monoisotopic (exact) mass is 630 g/mol. The molecule has 2 aromatic heterocycles. The van der Waals surface area contributed by atoms with Gasteiger partial charge < -0.3 is 19.4 Å². The minimum Gasteiger partial charge on any atom is -0.490 e. The zero-order valence-corrected chi connectivity index (χ0v) is 27.0. The third-order valence-corrected chi connectivity index (χ3v) is 9.22. The summed E-state index contributed by atoms with van der Waals surface area (Å²) in [7, 11) is 1.97. The summed E-state index contributed by atoms with van der Waals surface area (Å²) in [5, 5.41) is 0.324. The summed E-state index contributed by atoms with van der Waals surface area (Å²) < 4.78 is 39.7. The van der Waals surface area contributed by atoms with Gasteiger partial charge in [-0.05, 0) is 81.2 Å². The van der Waals surface area contributed by atoms with Gasteiger partial charge in [0.15, 0.2) is 11.5 Å². The van der Waals surface area contributed by atoms with E-state index in [1.54, 1.807) is 11.0 Å². The van der Waals surface area contributed by atoms with Crippen LogP contribution in [-0.4, -0.2) is 75.1 Å². The first kappa shape index (κ1) is 31.4. The molecule has 0 spiro atoms. The fourth-order valence-corrected chi connectivity index (χ4v) is 7.05. The van der Waals surface area contributed by atoms with E-state index in [4.69, 9.17) is 9.72 Å². The van der Waals surface area contributed by atoms with E-state index in [0.717, 1.165) is 17.7 Å². The van der Waals surface area contributed by atoms with Crippen molar-refractivity contribution in [1.29, 1.82) is 0 Å². The van der Waals surface area contributed by atoms with Crippen molar-refractivity contribution in [3.05, 3.63) is 76.9 Å². The van der Waals surface area contributed by atoms with E-state index in [1.165, 1.54) is 28.8 Å². The van der Waals surface area contributed by atoms with Crippen LogP contribution < -0.4 is 15.3 Å². The van der Waals surface area contributed by atoms with Crippen LogP contribution >= 0.6 is 0 Å². The van der Waals surface area contributed by atoms with Gasteiger partial charge in [-0.3, -0.25) is 4.79 Å². The molecule has 1 amide bonds. The van der Waals surface area contributed by atoms with Crippen LogP contribution in [0.5, 0.6) is 5.75 Å². The number of rotatable bonds is 3. The highest BCUT2D eigenvalue weighted by Crippen LogP contribution is 2.39. The molecular weight excluding hydrogens is 590 g/mol. The number of carbonyl (C=O) groups excluding carboxylic acids is 1. The lowest BCUT2D eigenvalue weighted by molar-refractivity contribution is -0.126. The Morgan fingerprint density at radius 2 is 1.93 bits per heavy atom. The predicted molar refractivity (Wildman–Crippen MR) is 175 cm³/mol. The Kier molecular flexibility index (Phi) is 8.43. The van der Waals surface area contributed by atoms with Crippen LogP contribution in [-0.2, 0) is 4.79 Å². The number of halogens is 2. The molecule has 1 saturated heterocycles. The van der Waals surface area contributed by atoms with Crippen molar-refractivity contribution in [2.75, 3.05) is 31.6 Å². The number of hydrogen-bond donors (Lipinski definition) is 0. The third-order valence-electron chi connectivity index (χ3n) is 9.22. The van der Waals surface area contributed by atoms with Gasteiger partial charge in [0, 0.05) is 32.7 Å². The Labute approximate surface area is 267 Å². The number of fused-ring (bicyclic) bond motifs is 4. The van der Waals surface area contributed by atoms with Crippen molar-refractivity contribution in [2.24, 2.45) is 5.92 Å². The summed E-state index contributed by atoms with van der Waals surface area (Å²) in [5.41, 5.74) is 0.990. The molecule has 9 nitrogen and oxygen atoms in total. The van der Waals surface area contributed by atoms with E-state index in [1.807, 2.05) is 38.1 Å². The largest absolute Gasteiger partial charge is 0.490 e. The van der Waals surface area contributed by atoms with Gasteiger partial charge in [-0.25, -0.2) is 23.1 Å². The van der Waals surface area contributed by atoms with Crippen molar-refractivity contribution in [2.45, 2.75) is 65.1 Å². The van der Waals surface area contributed by atoms with E-state index in [-0.39, 0.29) is 58.5 Å². The number of amides is 1. The lowest BCUT2D eigenvalue weighted by Crippen LogP contribution is -2.54. The highest BCUT2D eigenvalue weighted by molar-refractivity contribution is 5.92. The summed E-state index contributed by atoms with van der Waals surface area (Å²) in [6, 6.07) is 5.25. The van der Waals surface area contributed by atoms with Crippen LogP contribution in [0.2, 0.25) is 0 Å². The molecule has 11 heteroatoms. The maximum Gasteiger partial charge on any atom is 0.355 e. The molecule has 2 bridgehead atoms. The highest BCUT2D eigenvalue weighted by Gasteiger charge is 2.34. The van der Waals surface area contributed by atoms with Gasteiger partial charge >= 0.3 is 5.69 Å². The van der Waals surface area contributed by atoms with Crippen LogP contribution in [0.25, 0.3) is 28.0 Å². The average Bonchev–Trinajstić information content (AvgIpc) is 3.01. The standard InChI is InChI=1S/C35H40F2N6O3/c1-7-28(44)41-16-17-42(21(4)19-41)33-24-18-26(37)30-29-25(36)12-9-13-27(29)46-22(5)10-8-11-23-14-15-40(6)31(20(2)3)32(23)43(34(24)38-30)35(45)39-33/h7,9,12-15,18,20-22,31H,1,8,10-11,16-17,19H2,2-6H3/t21-,22+,31?/m0/s1. The van der Waals surface area contributed by atoms with Crippen LogP contribution in [0.4, 0.5) is 14.6 Å². The molecular formula is C35H40F2N6O3. The van der Waals surface area contributed by atoms with Gasteiger partial charge in [0.2, 0.25) is 5.91 Å². The normalized spacial score (nSPS) is 21.8. The van der Waals surface area contributed by atoms with Gasteiger partial charge in [-0.2, -0.15) is 4.98 Å². The number of hydrogen-bond acceptors (Lipinski definition) is 7. The maximum atomic E-state index is 16.4. The molecule has 6 rings (SSSR count). The summed E-state index contributed by atoms with van der Waals surface area (Å²) in [4.78, 5) is 41.8. The van der Waals surface area contributed by atoms with E-state index < -0.39 is 17.3 Å². The van der Waals surface area contributed by atoms with Crippen LogP contribution in [0, 0.1) is 17.6 Å². The number of pyridine rings is 1. The first-order chi connectivity index (χ1) is 22.0. The molecule has 0 aliphatic carbocycles. The van der Waals surface area contributed by atoms with Gasteiger partial charge in [0.05, 0.1) is 28.8 Å². The maximum absolute atomic E-state index is 16.4.